The van der Waals surface area contributed by atoms with Gasteiger partial charge < -0.3 is 10.3 Å². The Kier molecular flexibility index (Phi) is 3.36. The molecule has 0 amide bonds. The highest BCUT2D eigenvalue weighted by atomic mass is 32.1. The van der Waals surface area contributed by atoms with Crippen LogP contribution in [0.5, 0.6) is 0 Å². The summed E-state index contributed by atoms with van der Waals surface area (Å²) in [7, 11) is 0. The van der Waals surface area contributed by atoms with E-state index in [1.54, 1.807) is 11.3 Å². The molecule has 86 valence electrons. The first kappa shape index (κ1) is 11.3. The van der Waals surface area contributed by atoms with Crippen LogP contribution in [-0.2, 0) is 13.0 Å². The fraction of sp³-hybridized carbons (Fsp3) is 0.455. The Morgan fingerprint density at radius 2 is 2.38 bits per heavy atom. The van der Waals surface area contributed by atoms with Crippen molar-refractivity contribution >= 4 is 11.3 Å². The van der Waals surface area contributed by atoms with Crippen LogP contribution in [0.25, 0.3) is 0 Å². The third-order valence-electron chi connectivity index (χ3n) is 2.53. The van der Waals surface area contributed by atoms with Crippen LogP contribution in [0, 0.1) is 6.92 Å². The molecule has 1 atom stereocenters. The molecule has 5 heteroatoms. The van der Waals surface area contributed by atoms with Crippen LogP contribution in [0.4, 0.5) is 0 Å². The van der Waals surface area contributed by atoms with Gasteiger partial charge in [0, 0.05) is 36.8 Å². The first-order valence-electron chi connectivity index (χ1n) is 5.34. The smallest absolute Gasteiger partial charge is 0.105 e. The van der Waals surface area contributed by atoms with Crippen molar-refractivity contribution in [3.8, 4) is 0 Å². The summed E-state index contributed by atoms with van der Waals surface area (Å²) in [5, 5.41) is 3.18. The van der Waals surface area contributed by atoms with E-state index in [9.17, 15) is 0 Å². The number of nitrogens with two attached hydrogens (primary N) is 1. The van der Waals surface area contributed by atoms with Gasteiger partial charge in [-0.3, -0.25) is 0 Å². The fourth-order valence-corrected chi connectivity index (χ4v) is 2.40. The normalized spacial score (nSPS) is 12.9. The van der Waals surface area contributed by atoms with Gasteiger partial charge in [-0.05, 0) is 13.8 Å². The monoisotopic (exact) mass is 236 g/mol. The van der Waals surface area contributed by atoms with Gasteiger partial charge in [0.05, 0.1) is 10.7 Å². The Morgan fingerprint density at radius 3 is 2.94 bits per heavy atom. The number of hydrogen-bond donors (Lipinski definition) is 1. The number of hydrogen-bond acceptors (Lipinski definition) is 4. The summed E-state index contributed by atoms with van der Waals surface area (Å²) in [6.45, 7) is 4.89. The molecule has 2 aromatic rings. The molecule has 4 nitrogen and oxygen atoms in total. The lowest BCUT2D eigenvalue weighted by Crippen LogP contribution is -2.06. The molecule has 0 saturated heterocycles. The highest BCUT2D eigenvalue weighted by molar-refractivity contribution is 7.09. The highest BCUT2D eigenvalue weighted by Gasteiger charge is 2.06. The minimum Gasteiger partial charge on any atom is -0.335 e. The van der Waals surface area contributed by atoms with Gasteiger partial charge in [0.2, 0.25) is 0 Å². The van der Waals surface area contributed by atoms with E-state index in [1.807, 2.05) is 31.6 Å². The average Bonchev–Trinajstić information content (AvgIpc) is 2.83. The van der Waals surface area contributed by atoms with Crippen LogP contribution in [0.1, 0.15) is 29.5 Å². The van der Waals surface area contributed by atoms with Crippen LogP contribution in [0.3, 0.4) is 0 Å². The van der Waals surface area contributed by atoms with E-state index in [0.29, 0.717) is 0 Å². The van der Waals surface area contributed by atoms with Crippen molar-refractivity contribution in [1.82, 2.24) is 14.5 Å². The summed E-state index contributed by atoms with van der Waals surface area (Å²) in [4.78, 5) is 8.69. The molecule has 2 rings (SSSR count). The Hall–Kier alpha value is -1.20. The summed E-state index contributed by atoms with van der Waals surface area (Å²) in [6, 6.07) is 0.0278. The minimum atomic E-state index is 0.0278. The van der Waals surface area contributed by atoms with E-state index in [1.165, 1.54) is 0 Å². The lowest BCUT2D eigenvalue weighted by molar-refractivity contribution is 0.667. The van der Waals surface area contributed by atoms with Gasteiger partial charge in [0.1, 0.15) is 5.82 Å². The Morgan fingerprint density at radius 1 is 1.56 bits per heavy atom. The van der Waals surface area contributed by atoms with E-state index in [-0.39, 0.29) is 6.04 Å². The molecule has 0 aromatic carbocycles. The molecule has 0 aliphatic carbocycles. The molecule has 16 heavy (non-hydrogen) atoms. The van der Waals surface area contributed by atoms with Crippen molar-refractivity contribution in [2.24, 2.45) is 5.73 Å². The van der Waals surface area contributed by atoms with E-state index >= 15 is 0 Å². The second kappa shape index (κ2) is 4.76. The maximum atomic E-state index is 5.77. The highest BCUT2D eigenvalue weighted by Crippen LogP contribution is 2.15. The van der Waals surface area contributed by atoms with E-state index in [4.69, 9.17) is 5.73 Å². The molecule has 2 aromatic heterocycles. The van der Waals surface area contributed by atoms with Crippen molar-refractivity contribution < 1.29 is 0 Å². The maximum Gasteiger partial charge on any atom is 0.105 e. The number of aryl methyl sites for hydroxylation is 3. The van der Waals surface area contributed by atoms with Crippen molar-refractivity contribution in [3.63, 3.8) is 0 Å². The Balaban J connectivity index is 1.97. The van der Waals surface area contributed by atoms with Gasteiger partial charge in [0.15, 0.2) is 0 Å². The largest absolute Gasteiger partial charge is 0.335 e. The van der Waals surface area contributed by atoms with Gasteiger partial charge in [-0.25, -0.2) is 9.97 Å². The number of aromatic nitrogens is 3. The van der Waals surface area contributed by atoms with E-state index < -0.39 is 0 Å². The number of nitrogens with zero attached hydrogens (tertiary/aromatic N) is 3. The second-order valence-electron chi connectivity index (χ2n) is 3.87. The first-order valence-corrected chi connectivity index (χ1v) is 6.22. The summed E-state index contributed by atoms with van der Waals surface area (Å²) >= 11 is 1.68. The summed E-state index contributed by atoms with van der Waals surface area (Å²) in [6.07, 6.45) is 4.76. The molecule has 0 radical (unpaired) electrons. The van der Waals surface area contributed by atoms with E-state index in [0.717, 1.165) is 29.5 Å². The minimum absolute atomic E-state index is 0.0278. The van der Waals surface area contributed by atoms with Gasteiger partial charge >= 0.3 is 0 Å². The molecular weight excluding hydrogens is 220 g/mol. The molecule has 2 N–H and O–H groups in total. The van der Waals surface area contributed by atoms with Crippen molar-refractivity contribution in [1.29, 1.82) is 0 Å². The molecule has 0 spiro atoms. The number of imidazole rings is 1. The topological polar surface area (TPSA) is 56.7 Å². The molecule has 2 heterocycles. The maximum absolute atomic E-state index is 5.77. The Bertz CT molecular complexity index is 458. The number of thiazole rings is 1. The van der Waals surface area contributed by atoms with Crippen LogP contribution >= 0.6 is 11.3 Å². The quantitative estimate of drug-likeness (QED) is 0.882. The van der Waals surface area contributed by atoms with Crippen LogP contribution in [-0.4, -0.2) is 14.5 Å². The van der Waals surface area contributed by atoms with Crippen molar-refractivity contribution in [2.75, 3.05) is 0 Å². The summed E-state index contributed by atoms with van der Waals surface area (Å²) in [5.41, 5.74) is 6.76. The lowest BCUT2D eigenvalue weighted by Gasteiger charge is -2.02. The van der Waals surface area contributed by atoms with E-state index in [2.05, 4.69) is 14.5 Å². The molecule has 0 aliphatic rings. The fourth-order valence-electron chi connectivity index (χ4n) is 1.51. The zero-order chi connectivity index (χ0) is 11.5. The second-order valence-corrected chi connectivity index (χ2v) is 4.82. The molecule has 0 aliphatic heterocycles. The molecule has 0 bridgehead atoms. The molecule has 0 saturated carbocycles. The zero-order valence-corrected chi connectivity index (χ0v) is 10.4. The summed E-state index contributed by atoms with van der Waals surface area (Å²) in [5.74, 6) is 1.05. The SMILES string of the molecule is Cc1nccn1CCc1nc(C(C)N)cs1. The van der Waals surface area contributed by atoms with Gasteiger partial charge in [-0.2, -0.15) is 0 Å². The number of rotatable bonds is 4. The van der Waals surface area contributed by atoms with Crippen molar-refractivity contribution in [3.05, 3.63) is 34.3 Å². The predicted octanol–water partition coefficient (Wildman–Crippen LogP) is 1.91. The predicted molar refractivity (Wildman–Crippen MR) is 65.4 cm³/mol. The molecule has 0 fully saturated rings. The third-order valence-corrected chi connectivity index (χ3v) is 3.45. The van der Waals surface area contributed by atoms with Gasteiger partial charge in [-0.15, -0.1) is 11.3 Å². The summed E-state index contributed by atoms with van der Waals surface area (Å²) < 4.78 is 2.13. The standard InChI is InChI=1S/C11H16N4S/c1-8(12)10-7-16-11(14-10)3-5-15-6-4-13-9(15)2/h4,6-8H,3,5,12H2,1-2H3. The van der Waals surface area contributed by atoms with Crippen LogP contribution in [0.2, 0.25) is 0 Å². The first-order chi connectivity index (χ1) is 7.66. The van der Waals surface area contributed by atoms with Gasteiger partial charge in [0.25, 0.3) is 0 Å². The third kappa shape index (κ3) is 2.48. The Labute approximate surface area is 99.2 Å². The average molecular weight is 236 g/mol. The van der Waals surface area contributed by atoms with Crippen LogP contribution in [0.15, 0.2) is 17.8 Å². The van der Waals surface area contributed by atoms with Crippen LogP contribution < -0.4 is 5.73 Å². The zero-order valence-electron chi connectivity index (χ0n) is 9.55. The van der Waals surface area contributed by atoms with Crippen molar-refractivity contribution in [2.45, 2.75) is 32.9 Å². The molecular formula is C11H16N4S. The van der Waals surface area contributed by atoms with Gasteiger partial charge in [-0.1, -0.05) is 0 Å². The lowest BCUT2D eigenvalue weighted by atomic mass is 10.3. The molecule has 1 unspecified atom stereocenters.